The highest BCUT2D eigenvalue weighted by atomic mass is 35.5. The molecule has 0 spiro atoms. The number of halogens is 1. The summed E-state index contributed by atoms with van der Waals surface area (Å²) >= 11 is 5.99. The van der Waals surface area contributed by atoms with Gasteiger partial charge in [-0.05, 0) is 13.8 Å². The normalized spacial score (nSPS) is 10.1. The van der Waals surface area contributed by atoms with Crippen LogP contribution >= 0.6 is 11.6 Å². The van der Waals surface area contributed by atoms with Gasteiger partial charge in [-0.25, -0.2) is 9.97 Å². The van der Waals surface area contributed by atoms with Gasteiger partial charge in [-0.2, -0.15) is 0 Å². The molecule has 0 saturated carbocycles. The predicted octanol–water partition coefficient (Wildman–Crippen LogP) is 3.01. The van der Waals surface area contributed by atoms with Crippen molar-refractivity contribution in [3.63, 3.8) is 0 Å². The van der Waals surface area contributed by atoms with Crippen LogP contribution in [0.3, 0.4) is 0 Å². The summed E-state index contributed by atoms with van der Waals surface area (Å²) in [7, 11) is 0. The van der Waals surface area contributed by atoms with E-state index >= 15 is 0 Å². The summed E-state index contributed by atoms with van der Waals surface area (Å²) < 4.78 is 5.32. The molecule has 0 aliphatic heterocycles. The van der Waals surface area contributed by atoms with Gasteiger partial charge in [0.1, 0.15) is 22.4 Å². The first-order valence-electron chi connectivity index (χ1n) is 4.95. The largest absolute Gasteiger partial charge is 0.492 e. The van der Waals surface area contributed by atoms with Gasteiger partial charge in [-0.3, -0.25) is 0 Å². The minimum Gasteiger partial charge on any atom is -0.492 e. The Labute approximate surface area is 95.2 Å². The Morgan fingerprint density at radius 2 is 2.07 bits per heavy atom. The van der Waals surface area contributed by atoms with Crippen LogP contribution in [0, 0.1) is 6.92 Å². The van der Waals surface area contributed by atoms with Crippen LogP contribution in [0.25, 0.3) is 5.76 Å². The number of aromatic nitrogens is 2. The van der Waals surface area contributed by atoms with E-state index in [1.165, 1.54) is 0 Å². The Kier molecular flexibility index (Phi) is 4.09. The van der Waals surface area contributed by atoms with Crippen molar-refractivity contribution < 1.29 is 4.74 Å². The van der Waals surface area contributed by atoms with Gasteiger partial charge in [-0.15, -0.1) is 0 Å². The lowest BCUT2D eigenvalue weighted by Gasteiger charge is -2.10. The third-order valence-corrected chi connectivity index (χ3v) is 2.40. The molecule has 1 heterocycles. The van der Waals surface area contributed by atoms with Gasteiger partial charge in [0.2, 0.25) is 0 Å². The number of hydrogen-bond acceptors (Lipinski definition) is 3. The highest BCUT2D eigenvalue weighted by molar-refractivity contribution is 6.30. The van der Waals surface area contributed by atoms with Crippen molar-refractivity contribution >= 4 is 17.4 Å². The minimum absolute atomic E-state index is 0.470. The molecule has 3 nitrogen and oxygen atoms in total. The fourth-order valence-corrected chi connectivity index (χ4v) is 1.39. The van der Waals surface area contributed by atoms with E-state index in [-0.39, 0.29) is 0 Å². The minimum atomic E-state index is 0.470. The Balaban J connectivity index is 3.15. The third-order valence-electron chi connectivity index (χ3n) is 2.03. The summed E-state index contributed by atoms with van der Waals surface area (Å²) in [5.74, 6) is 1.26. The monoisotopic (exact) mass is 226 g/mol. The van der Waals surface area contributed by atoms with Gasteiger partial charge in [0.15, 0.2) is 0 Å². The van der Waals surface area contributed by atoms with Gasteiger partial charge in [0.05, 0.1) is 6.61 Å². The third kappa shape index (κ3) is 2.69. The standard InChI is InChI=1S/C11H15ClN2O/c1-5-9-13-10(8(4)15-6-2)7(3)11(12)14-9/h4-6H2,1-3H3. The maximum absolute atomic E-state index is 5.99. The average molecular weight is 227 g/mol. The molecule has 4 heteroatoms. The molecular weight excluding hydrogens is 212 g/mol. The van der Waals surface area contributed by atoms with Crippen molar-refractivity contribution in [3.8, 4) is 0 Å². The number of hydrogen-bond donors (Lipinski definition) is 0. The van der Waals surface area contributed by atoms with Crippen LogP contribution in [0.4, 0.5) is 0 Å². The smallest absolute Gasteiger partial charge is 0.138 e. The van der Waals surface area contributed by atoms with Gasteiger partial charge < -0.3 is 4.74 Å². The molecule has 82 valence electrons. The van der Waals surface area contributed by atoms with Crippen molar-refractivity contribution in [1.29, 1.82) is 0 Å². The van der Waals surface area contributed by atoms with E-state index < -0.39 is 0 Å². The molecule has 0 saturated heterocycles. The Hall–Kier alpha value is -1.09. The first-order chi connectivity index (χ1) is 7.10. The first-order valence-corrected chi connectivity index (χ1v) is 5.33. The second-order valence-corrected chi connectivity index (χ2v) is 3.47. The SMILES string of the molecule is C=C(OCC)c1nc(CC)nc(Cl)c1C. The van der Waals surface area contributed by atoms with Crippen molar-refractivity contribution in [1.82, 2.24) is 9.97 Å². The van der Waals surface area contributed by atoms with E-state index in [1.807, 2.05) is 20.8 Å². The Morgan fingerprint density at radius 3 is 2.60 bits per heavy atom. The van der Waals surface area contributed by atoms with Crippen LogP contribution in [0.15, 0.2) is 6.58 Å². The summed E-state index contributed by atoms with van der Waals surface area (Å²) in [6.45, 7) is 10.1. The quantitative estimate of drug-likeness (QED) is 0.585. The number of ether oxygens (including phenoxy) is 1. The van der Waals surface area contributed by atoms with Crippen LogP contribution < -0.4 is 0 Å². The maximum atomic E-state index is 5.99. The van der Waals surface area contributed by atoms with Gasteiger partial charge >= 0.3 is 0 Å². The lowest BCUT2D eigenvalue weighted by atomic mass is 10.2. The van der Waals surface area contributed by atoms with Crippen LogP contribution in [0.5, 0.6) is 0 Å². The molecular formula is C11H15ClN2O. The summed E-state index contributed by atoms with van der Waals surface area (Å²) in [6, 6.07) is 0. The van der Waals surface area contributed by atoms with Crippen LogP contribution in [-0.4, -0.2) is 16.6 Å². The molecule has 0 aliphatic rings. The zero-order chi connectivity index (χ0) is 11.4. The Morgan fingerprint density at radius 1 is 1.40 bits per heavy atom. The predicted molar refractivity (Wildman–Crippen MR) is 61.8 cm³/mol. The summed E-state index contributed by atoms with van der Waals surface area (Å²) in [5, 5.41) is 0.470. The van der Waals surface area contributed by atoms with E-state index in [0.29, 0.717) is 29.0 Å². The van der Waals surface area contributed by atoms with Gasteiger partial charge in [0, 0.05) is 12.0 Å². The molecule has 1 aromatic rings. The molecule has 0 radical (unpaired) electrons. The van der Waals surface area contributed by atoms with Crippen molar-refractivity contribution in [2.45, 2.75) is 27.2 Å². The average Bonchev–Trinajstić information content (AvgIpc) is 2.22. The molecule has 15 heavy (non-hydrogen) atoms. The molecule has 1 aromatic heterocycles. The molecule has 0 N–H and O–H groups in total. The highest BCUT2D eigenvalue weighted by Crippen LogP contribution is 2.21. The summed E-state index contributed by atoms with van der Waals surface area (Å²) in [5.41, 5.74) is 1.51. The molecule has 0 bridgehead atoms. The van der Waals surface area contributed by atoms with Crippen LogP contribution in [0.2, 0.25) is 5.15 Å². The van der Waals surface area contributed by atoms with E-state index in [0.717, 1.165) is 12.0 Å². The second-order valence-electron chi connectivity index (χ2n) is 3.11. The highest BCUT2D eigenvalue weighted by Gasteiger charge is 2.11. The zero-order valence-electron chi connectivity index (χ0n) is 9.30. The van der Waals surface area contributed by atoms with E-state index in [9.17, 15) is 0 Å². The van der Waals surface area contributed by atoms with Crippen molar-refractivity contribution in [2.24, 2.45) is 0 Å². The zero-order valence-corrected chi connectivity index (χ0v) is 10.1. The van der Waals surface area contributed by atoms with Crippen molar-refractivity contribution in [3.05, 3.63) is 28.8 Å². The van der Waals surface area contributed by atoms with Gasteiger partial charge in [0.25, 0.3) is 0 Å². The molecule has 0 unspecified atom stereocenters. The summed E-state index contributed by atoms with van der Waals surface area (Å²) in [6.07, 6.45) is 0.742. The fraction of sp³-hybridized carbons (Fsp3) is 0.455. The first kappa shape index (κ1) is 12.0. The lowest BCUT2D eigenvalue weighted by molar-refractivity contribution is 0.297. The van der Waals surface area contributed by atoms with Crippen LogP contribution in [-0.2, 0) is 11.2 Å². The molecule has 0 aliphatic carbocycles. The number of nitrogens with zero attached hydrogens (tertiary/aromatic N) is 2. The van der Waals surface area contributed by atoms with E-state index in [2.05, 4.69) is 16.5 Å². The van der Waals surface area contributed by atoms with Crippen LogP contribution in [0.1, 0.15) is 30.9 Å². The molecule has 0 amide bonds. The lowest BCUT2D eigenvalue weighted by Crippen LogP contribution is -2.03. The van der Waals surface area contributed by atoms with E-state index in [4.69, 9.17) is 16.3 Å². The molecule has 0 atom stereocenters. The topological polar surface area (TPSA) is 35.0 Å². The number of rotatable bonds is 4. The van der Waals surface area contributed by atoms with E-state index in [1.54, 1.807) is 0 Å². The fourth-order valence-electron chi connectivity index (χ4n) is 1.20. The Bertz CT molecular complexity index is 377. The maximum Gasteiger partial charge on any atom is 0.138 e. The van der Waals surface area contributed by atoms with Crippen molar-refractivity contribution in [2.75, 3.05) is 6.61 Å². The summed E-state index contributed by atoms with van der Waals surface area (Å²) in [4.78, 5) is 8.50. The molecule has 0 fully saturated rings. The second kappa shape index (κ2) is 5.12. The number of aryl methyl sites for hydroxylation is 1. The molecule has 1 rings (SSSR count). The van der Waals surface area contributed by atoms with Gasteiger partial charge in [-0.1, -0.05) is 25.1 Å². The molecule has 0 aromatic carbocycles.